The molecule has 7 nitrogen and oxygen atoms in total. The standard InChI is InChI=1S/C18H20N4O3S/c23-18(17-10-19-8-9-20-17)21-11-14-6-7-15(13-21)22(12-14)26(24,25)16-4-2-1-3-5-16/h1-5,8-10,14-15H,6-7,11-13H2/t14-,15+/m1/s1. The Morgan fingerprint density at radius 2 is 1.85 bits per heavy atom. The molecule has 3 aliphatic rings. The predicted molar refractivity (Wildman–Crippen MR) is 94.8 cm³/mol. The number of sulfonamides is 1. The number of piperidine rings is 1. The van der Waals surface area contributed by atoms with E-state index in [1.165, 1.54) is 18.6 Å². The van der Waals surface area contributed by atoms with Crippen molar-refractivity contribution in [3.05, 3.63) is 54.6 Å². The highest BCUT2D eigenvalue weighted by molar-refractivity contribution is 7.89. The highest BCUT2D eigenvalue weighted by Crippen LogP contribution is 2.32. The van der Waals surface area contributed by atoms with Gasteiger partial charge in [0, 0.05) is 38.1 Å². The maximum absolute atomic E-state index is 13.1. The molecule has 2 aromatic rings. The second-order valence-corrected chi connectivity index (χ2v) is 8.68. The number of rotatable bonds is 3. The van der Waals surface area contributed by atoms with Crippen LogP contribution in [0.25, 0.3) is 0 Å². The monoisotopic (exact) mass is 372 g/mol. The molecule has 3 aliphatic heterocycles. The summed E-state index contributed by atoms with van der Waals surface area (Å²) in [7, 11) is -3.56. The fourth-order valence-electron chi connectivity index (χ4n) is 3.80. The molecule has 3 saturated heterocycles. The molecule has 3 fully saturated rings. The fourth-order valence-corrected chi connectivity index (χ4v) is 5.54. The molecular weight excluding hydrogens is 352 g/mol. The van der Waals surface area contributed by atoms with E-state index in [0.717, 1.165) is 12.8 Å². The maximum atomic E-state index is 13.1. The van der Waals surface area contributed by atoms with Crippen LogP contribution in [0.2, 0.25) is 0 Å². The minimum atomic E-state index is -3.56. The lowest BCUT2D eigenvalue weighted by Crippen LogP contribution is -2.47. The molecule has 1 aromatic carbocycles. The van der Waals surface area contributed by atoms with Gasteiger partial charge in [0.2, 0.25) is 10.0 Å². The summed E-state index contributed by atoms with van der Waals surface area (Å²) in [5, 5.41) is 0. The van der Waals surface area contributed by atoms with Crippen LogP contribution in [0.4, 0.5) is 0 Å². The Bertz CT molecular complexity index is 889. The Morgan fingerprint density at radius 1 is 1.04 bits per heavy atom. The quantitative estimate of drug-likeness (QED) is 0.813. The van der Waals surface area contributed by atoms with Crippen molar-refractivity contribution in [3.63, 3.8) is 0 Å². The number of carbonyl (C=O) groups excluding carboxylic acids is 1. The summed E-state index contributed by atoms with van der Waals surface area (Å²) >= 11 is 0. The van der Waals surface area contributed by atoms with E-state index >= 15 is 0 Å². The normalized spacial score (nSPS) is 23.6. The fraction of sp³-hybridized carbons (Fsp3) is 0.389. The zero-order chi connectivity index (χ0) is 18.1. The van der Waals surface area contributed by atoms with Crippen LogP contribution in [-0.2, 0) is 10.0 Å². The summed E-state index contributed by atoms with van der Waals surface area (Å²) in [5.74, 6) is -0.0539. The van der Waals surface area contributed by atoms with E-state index in [1.807, 2.05) is 0 Å². The minimum Gasteiger partial charge on any atom is -0.335 e. The van der Waals surface area contributed by atoms with Gasteiger partial charge in [-0.3, -0.25) is 9.78 Å². The largest absolute Gasteiger partial charge is 0.335 e. The second-order valence-electron chi connectivity index (χ2n) is 6.79. The molecule has 136 valence electrons. The van der Waals surface area contributed by atoms with Gasteiger partial charge in [0.15, 0.2) is 0 Å². The summed E-state index contributed by atoms with van der Waals surface area (Å²) in [6.07, 6.45) is 6.16. The van der Waals surface area contributed by atoms with Crippen LogP contribution < -0.4 is 0 Å². The Balaban J connectivity index is 1.60. The number of fused-ring (bicyclic) bond motifs is 4. The van der Waals surface area contributed by atoms with Crippen LogP contribution in [0.1, 0.15) is 23.3 Å². The van der Waals surface area contributed by atoms with E-state index in [1.54, 1.807) is 39.5 Å². The molecule has 1 amide bonds. The van der Waals surface area contributed by atoms with Crippen molar-refractivity contribution in [3.8, 4) is 0 Å². The van der Waals surface area contributed by atoms with E-state index < -0.39 is 10.0 Å². The van der Waals surface area contributed by atoms with Gasteiger partial charge in [-0.1, -0.05) is 18.2 Å². The van der Waals surface area contributed by atoms with E-state index in [-0.39, 0.29) is 17.9 Å². The van der Waals surface area contributed by atoms with E-state index in [4.69, 9.17) is 0 Å². The molecular formula is C18H20N4O3S. The van der Waals surface area contributed by atoms with E-state index in [0.29, 0.717) is 30.2 Å². The summed E-state index contributed by atoms with van der Waals surface area (Å²) in [6, 6.07) is 8.29. The number of hydrogen-bond donors (Lipinski definition) is 0. The zero-order valence-electron chi connectivity index (χ0n) is 14.2. The summed E-state index contributed by atoms with van der Waals surface area (Å²) < 4.78 is 27.7. The lowest BCUT2D eigenvalue weighted by atomic mass is 9.97. The number of nitrogens with zero attached hydrogens (tertiary/aromatic N) is 4. The first-order valence-electron chi connectivity index (χ1n) is 8.68. The smallest absolute Gasteiger partial charge is 0.274 e. The van der Waals surface area contributed by atoms with Crippen LogP contribution in [0.3, 0.4) is 0 Å². The Kier molecular flexibility index (Phi) is 4.46. The lowest BCUT2D eigenvalue weighted by Gasteiger charge is -2.34. The average molecular weight is 372 g/mol. The number of carbonyl (C=O) groups is 1. The Morgan fingerprint density at radius 3 is 2.58 bits per heavy atom. The van der Waals surface area contributed by atoms with Crippen molar-refractivity contribution in [2.45, 2.75) is 23.8 Å². The van der Waals surface area contributed by atoms with Gasteiger partial charge in [0.05, 0.1) is 11.1 Å². The lowest BCUT2D eigenvalue weighted by molar-refractivity contribution is 0.0739. The molecule has 0 spiro atoms. The molecule has 4 heterocycles. The van der Waals surface area contributed by atoms with E-state index in [9.17, 15) is 13.2 Å². The average Bonchev–Trinajstić information content (AvgIpc) is 3.01. The minimum absolute atomic E-state index is 0.132. The van der Waals surface area contributed by atoms with Crippen molar-refractivity contribution in [1.29, 1.82) is 0 Å². The van der Waals surface area contributed by atoms with Gasteiger partial charge in [0.25, 0.3) is 5.91 Å². The Labute approximate surface area is 152 Å². The highest BCUT2D eigenvalue weighted by atomic mass is 32.2. The molecule has 2 bridgehead atoms. The third kappa shape index (κ3) is 3.10. The zero-order valence-corrected chi connectivity index (χ0v) is 15.0. The molecule has 1 aromatic heterocycles. The summed E-state index contributed by atoms with van der Waals surface area (Å²) in [6.45, 7) is 1.39. The van der Waals surface area contributed by atoms with E-state index in [2.05, 4.69) is 9.97 Å². The van der Waals surface area contributed by atoms with Crippen LogP contribution in [0.5, 0.6) is 0 Å². The van der Waals surface area contributed by atoms with Gasteiger partial charge in [0.1, 0.15) is 5.69 Å². The van der Waals surface area contributed by atoms with Gasteiger partial charge >= 0.3 is 0 Å². The SMILES string of the molecule is O=C(c1cnccn1)N1C[C@H]2CC[C@@H](C1)N(S(=O)(=O)c1ccccc1)C2. The maximum Gasteiger partial charge on any atom is 0.274 e. The van der Waals surface area contributed by atoms with Crippen LogP contribution in [-0.4, -0.2) is 59.2 Å². The number of hydrogen-bond acceptors (Lipinski definition) is 5. The van der Waals surface area contributed by atoms with Gasteiger partial charge in [-0.15, -0.1) is 0 Å². The number of aromatic nitrogens is 2. The third-order valence-electron chi connectivity index (χ3n) is 5.08. The van der Waals surface area contributed by atoms with Gasteiger partial charge in [-0.25, -0.2) is 13.4 Å². The number of amides is 1. The first-order chi connectivity index (χ1) is 12.6. The first-order valence-corrected chi connectivity index (χ1v) is 10.1. The van der Waals surface area contributed by atoms with Gasteiger partial charge < -0.3 is 4.90 Å². The number of benzene rings is 1. The van der Waals surface area contributed by atoms with Crippen molar-refractivity contribution in [1.82, 2.24) is 19.2 Å². The van der Waals surface area contributed by atoms with Crippen molar-refractivity contribution < 1.29 is 13.2 Å². The molecule has 0 radical (unpaired) electrons. The predicted octanol–water partition coefficient (Wildman–Crippen LogP) is 1.40. The molecule has 0 unspecified atom stereocenters. The topological polar surface area (TPSA) is 83.5 Å². The molecule has 26 heavy (non-hydrogen) atoms. The molecule has 0 saturated carbocycles. The van der Waals surface area contributed by atoms with Gasteiger partial charge in [-0.05, 0) is 30.9 Å². The van der Waals surface area contributed by atoms with Crippen LogP contribution in [0.15, 0.2) is 53.8 Å². The molecule has 5 rings (SSSR count). The van der Waals surface area contributed by atoms with Crippen LogP contribution in [0, 0.1) is 5.92 Å². The van der Waals surface area contributed by atoms with Gasteiger partial charge in [-0.2, -0.15) is 4.31 Å². The molecule has 0 aliphatic carbocycles. The molecule has 0 N–H and O–H groups in total. The van der Waals surface area contributed by atoms with Crippen LogP contribution >= 0.6 is 0 Å². The van der Waals surface area contributed by atoms with Crippen molar-refractivity contribution in [2.24, 2.45) is 5.92 Å². The third-order valence-corrected chi connectivity index (χ3v) is 7.02. The first kappa shape index (κ1) is 17.1. The van der Waals surface area contributed by atoms with Crippen molar-refractivity contribution in [2.75, 3.05) is 19.6 Å². The Hall–Kier alpha value is -2.32. The van der Waals surface area contributed by atoms with Crippen molar-refractivity contribution >= 4 is 15.9 Å². The molecule has 8 heteroatoms. The highest BCUT2D eigenvalue weighted by Gasteiger charge is 2.42. The summed E-state index contributed by atoms with van der Waals surface area (Å²) in [4.78, 5) is 22.8. The second kappa shape index (κ2) is 6.77. The summed E-state index contributed by atoms with van der Waals surface area (Å²) in [5.41, 5.74) is 0.297. The molecule has 2 atom stereocenters.